The Morgan fingerprint density at radius 1 is 1.14 bits per heavy atom. The Balaban J connectivity index is 1.52. The lowest BCUT2D eigenvalue weighted by Gasteiger charge is -2.11. The molecule has 0 bridgehead atoms. The molecule has 0 spiro atoms. The summed E-state index contributed by atoms with van der Waals surface area (Å²) in [6.07, 6.45) is 1.88. The van der Waals surface area contributed by atoms with E-state index < -0.39 is 0 Å². The first-order chi connectivity index (χ1) is 14.1. The fourth-order valence-electron chi connectivity index (χ4n) is 3.20. The molecular formula is C23H19BrN2O2S. The molecule has 0 unspecified atom stereocenters. The van der Waals surface area contributed by atoms with Gasteiger partial charge in [0.25, 0.3) is 5.91 Å². The highest BCUT2D eigenvalue weighted by molar-refractivity contribution is 9.10. The molecule has 1 heterocycles. The van der Waals surface area contributed by atoms with Gasteiger partial charge in [0.1, 0.15) is 12.4 Å². The number of amidine groups is 1. The van der Waals surface area contributed by atoms with Crippen LogP contribution in [-0.2, 0) is 11.4 Å². The standard InChI is InChI=1S/C23H19BrN2O2S/c1-25-23-26(2)22(27)21(29-23)13-15-10-11-20(19(24)12-15)28-14-17-8-5-7-16-6-3-4-9-18(16)17/h3-13H,14H2,1-2H3/b21-13+,25-23?. The van der Waals surface area contributed by atoms with Crippen molar-refractivity contribution in [3.8, 4) is 5.75 Å². The van der Waals surface area contributed by atoms with Crippen molar-refractivity contribution in [2.45, 2.75) is 6.61 Å². The summed E-state index contributed by atoms with van der Waals surface area (Å²) in [5.41, 5.74) is 2.07. The van der Waals surface area contributed by atoms with Crippen LogP contribution >= 0.6 is 27.7 Å². The molecule has 29 heavy (non-hydrogen) atoms. The first kappa shape index (κ1) is 19.7. The van der Waals surface area contributed by atoms with Crippen molar-refractivity contribution < 1.29 is 9.53 Å². The molecule has 4 nitrogen and oxygen atoms in total. The van der Waals surface area contributed by atoms with Gasteiger partial charge in [-0.1, -0.05) is 48.5 Å². The lowest BCUT2D eigenvalue weighted by atomic mass is 10.1. The summed E-state index contributed by atoms with van der Waals surface area (Å²) in [7, 11) is 3.42. The Morgan fingerprint density at radius 3 is 2.69 bits per heavy atom. The molecule has 4 rings (SSSR count). The summed E-state index contributed by atoms with van der Waals surface area (Å²) in [6, 6.07) is 20.4. The number of thioether (sulfide) groups is 1. The highest BCUT2D eigenvalue weighted by Gasteiger charge is 2.29. The van der Waals surface area contributed by atoms with Crippen molar-refractivity contribution in [1.29, 1.82) is 0 Å². The highest BCUT2D eigenvalue weighted by Crippen LogP contribution is 2.33. The van der Waals surface area contributed by atoms with E-state index in [1.807, 2.05) is 42.5 Å². The van der Waals surface area contributed by atoms with Crippen molar-refractivity contribution in [3.05, 3.63) is 81.2 Å². The Bertz CT molecular complexity index is 1150. The quantitative estimate of drug-likeness (QED) is 0.462. The summed E-state index contributed by atoms with van der Waals surface area (Å²) >= 11 is 4.97. The smallest absolute Gasteiger partial charge is 0.266 e. The Labute approximate surface area is 182 Å². The van der Waals surface area contributed by atoms with Crippen LogP contribution in [-0.4, -0.2) is 30.1 Å². The van der Waals surface area contributed by atoms with Crippen LogP contribution in [0.3, 0.4) is 0 Å². The normalized spacial score (nSPS) is 16.9. The summed E-state index contributed by atoms with van der Waals surface area (Å²) < 4.78 is 6.91. The third-order valence-electron chi connectivity index (χ3n) is 4.71. The van der Waals surface area contributed by atoms with E-state index in [-0.39, 0.29) is 5.91 Å². The van der Waals surface area contributed by atoms with Gasteiger partial charge in [0.15, 0.2) is 5.17 Å². The maximum atomic E-state index is 12.3. The number of amides is 1. The van der Waals surface area contributed by atoms with Gasteiger partial charge in [0.05, 0.1) is 9.38 Å². The summed E-state index contributed by atoms with van der Waals surface area (Å²) in [5.74, 6) is 0.724. The SMILES string of the molecule is CN=C1S/C(=C/c2ccc(OCc3cccc4ccccc34)c(Br)c2)C(=O)N1C. The molecular weight excluding hydrogens is 448 g/mol. The second-order valence-electron chi connectivity index (χ2n) is 6.60. The van der Waals surface area contributed by atoms with Gasteiger partial charge in [-0.25, -0.2) is 0 Å². The molecule has 0 atom stereocenters. The van der Waals surface area contributed by atoms with E-state index in [2.05, 4.69) is 45.2 Å². The second-order valence-corrected chi connectivity index (χ2v) is 8.46. The van der Waals surface area contributed by atoms with E-state index >= 15 is 0 Å². The molecule has 0 aliphatic carbocycles. The van der Waals surface area contributed by atoms with Crippen LogP contribution in [0.4, 0.5) is 0 Å². The molecule has 1 aliphatic rings. The van der Waals surface area contributed by atoms with Gasteiger partial charge >= 0.3 is 0 Å². The Hall–Kier alpha value is -2.57. The first-order valence-corrected chi connectivity index (χ1v) is 10.7. The number of nitrogens with zero attached hydrogens (tertiary/aromatic N) is 2. The largest absolute Gasteiger partial charge is 0.488 e. The first-order valence-electron chi connectivity index (χ1n) is 9.10. The predicted octanol–water partition coefficient (Wildman–Crippen LogP) is 5.71. The van der Waals surface area contributed by atoms with E-state index in [4.69, 9.17) is 4.74 Å². The van der Waals surface area contributed by atoms with Gasteiger partial charge < -0.3 is 4.74 Å². The second kappa shape index (κ2) is 8.43. The lowest BCUT2D eigenvalue weighted by Crippen LogP contribution is -2.23. The minimum atomic E-state index is -0.0389. The van der Waals surface area contributed by atoms with Gasteiger partial charge in [0.2, 0.25) is 0 Å². The van der Waals surface area contributed by atoms with E-state index in [0.29, 0.717) is 16.7 Å². The molecule has 1 amide bonds. The number of carbonyl (C=O) groups is 1. The zero-order valence-electron chi connectivity index (χ0n) is 16.1. The monoisotopic (exact) mass is 466 g/mol. The number of rotatable bonds is 4. The Kier molecular flexibility index (Phi) is 5.74. The number of hydrogen-bond donors (Lipinski definition) is 0. The van der Waals surface area contributed by atoms with Crippen molar-refractivity contribution in [1.82, 2.24) is 4.90 Å². The molecule has 1 aliphatic heterocycles. The zero-order chi connectivity index (χ0) is 20.4. The van der Waals surface area contributed by atoms with Crippen molar-refractivity contribution in [3.63, 3.8) is 0 Å². The average molecular weight is 467 g/mol. The average Bonchev–Trinajstić information content (AvgIpc) is 3.01. The number of halogens is 1. The summed E-state index contributed by atoms with van der Waals surface area (Å²) in [4.78, 5) is 18.7. The third kappa shape index (κ3) is 4.09. The summed E-state index contributed by atoms with van der Waals surface area (Å²) in [6.45, 7) is 0.482. The molecule has 0 radical (unpaired) electrons. The Morgan fingerprint density at radius 2 is 1.93 bits per heavy atom. The van der Waals surface area contributed by atoms with Crippen LogP contribution in [0.2, 0.25) is 0 Å². The van der Waals surface area contributed by atoms with E-state index in [1.54, 1.807) is 19.0 Å². The molecule has 146 valence electrons. The predicted molar refractivity (Wildman–Crippen MR) is 124 cm³/mol. The van der Waals surface area contributed by atoms with E-state index in [9.17, 15) is 4.79 Å². The van der Waals surface area contributed by atoms with Crippen molar-refractivity contribution in [2.24, 2.45) is 4.99 Å². The molecule has 6 heteroatoms. The maximum absolute atomic E-state index is 12.3. The van der Waals surface area contributed by atoms with Crippen molar-refractivity contribution >= 4 is 55.6 Å². The number of benzene rings is 3. The lowest BCUT2D eigenvalue weighted by molar-refractivity contribution is -0.121. The van der Waals surface area contributed by atoms with Crippen molar-refractivity contribution in [2.75, 3.05) is 14.1 Å². The third-order valence-corrected chi connectivity index (χ3v) is 6.48. The van der Waals surface area contributed by atoms with Crippen LogP contribution in [0.25, 0.3) is 16.8 Å². The molecule has 0 aromatic heterocycles. The van der Waals surface area contributed by atoms with Crippen LogP contribution in [0.5, 0.6) is 5.75 Å². The van der Waals surface area contributed by atoms with Gasteiger partial charge in [-0.3, -0.25) is 14.7 Å². The van der Waals surface area contributed by atoms with Crippen LogP contribution < -0.4 is 4.74 Å². The van der Waals surface area contributed by atoms with Gasteiger partial charge in [-0.05, 0) is 67.8 Å². The number of fused-ring (bicyclic) bond motifs is 1. The number of hydrogen-bond acceptors (Lipinski definition) is 4. The fraction of sp³-hybridized carbons (Fsp3) is 0.130. The highest BCUT2D eigenvalue weighted by atomic mass is 79.9. The number of carbonyl (C=O) groups excluding carboxylic acids is 1. The van der Waals surface area contributed by atoms with E-state index in [0.717, 1.165) is 21.3 Å². The minimum absolute atomic E-state index is 0.0389. The number of ether oxygens (including phenoxy) is 1. The minimum Gasteiger partial charge on any atom is -0.488 e. The van der Waals surface area contributed by atoms with E-state index in [1.165, 1.54) is 22.5 Å². The molecule has 3 aromatic carbocycles. The topological polar surface area (TPSA) is 41.9 Å². The van der Waals surface area contributed by atoms with Crippen LogP contribution in [0.15, 0.2) is 75.0 Å². The number of aliphatic imine (C=N–C) groups is 1. The molecule has 3 aromatic rings. The summed E-state index contributed by atoms with van der Waals surface area (Å²) in [5, 5.41) is 3.10. The molecule has 1 saturated heterocycles. The zero-order valence-corrected chi connectivity index (χ0v) is 18.5. The van der Waals surface area contributed by atoms with Gasteiger partial charge in [0, 0.05) is 14.1 Å². The molecule has 1 fully saturated rings. The molecule has 0 N–H and O–H groups in total. The van der Waals surface area contributed by atoms with Crippen LogP contribution in [0, 0.1) is 0 Å². The van der Waals surface area contributed by atoms with Gasteiger partial charge in [-0.2, -0.15) is 0 Å². The fourth-order valence-corrected chi connectivity index (χ4v) is 4.64. The number of likely N-dealkylation sites (N-methyl/N-ethyl adjacent to an activating group) is 1. The molecule has 0 saturated carbocycles. The van der Waals surface area contributed by atoms with Gasteiger partial charge in [-0.15, -0.1) is 0 Å². The maximum Gasteiger partial charge on any atom is 0.266 e. The van der Waals surface area contributed by atoms with Crippen LogP contribution in [0.1, 0.15) is 11.1 Å².